The Bertz CT molecular complexity index is 315. The van der Waals surface area contributed by atoms with Gasteiger partial charge in [-0.2, -0.15) is 0 Å². The van der Waals surface area contributed by atoms with Crippen molar-refractivity contribution in [2.45, 2.75) is 19.8 Å². The number of hydrogen-bond acceptors (Lipinski definition) is 4. The van der Waals surface area contributed by atoms with E-state index in [1.807, 2.05) is 12.1 Å². The van der Waals surface area contributed by atoms with Crippen LogP contribution in [0.3, 0.4) is 0 Å². The molecule has 1 rings (SSSR count). The lowest BCUT2D eigenvalue weighted by Crippen LogP contribution is -2.32. The molecular formula is C11H19N3O. The normalized spacial score (nSPS) is 10.1. The summed E-state index contributed by atoms with van der Waals surface area (Å²) in [6.07, 6.45) is 2.16. The van der Waals surface area contributed by atoms with E-state index in [1.165, 1.54) is 0 Å². The van der Waals surface area contributed by atoms with Crippen molar-refractivity contribution in [3.05, 3.63) is 18.2 Å². The topological polar surface area (TPSA) is 64.5 Å². The van der Waals surface area contributed by atoms with Crippen LogP contribution in [0.15, 0.2) is 18.2 Å². The zero-order valence-corrected chi connectivity index (χ0v) is 9.36. The van der Waals surface area contributed by atoms with Gasteiger partial charge in [0.2, 0.25) is 0 Å². The summed E-state index contributed by atoms with van der Waals surface area (Å²) < 4.78 is 5.13. The number of hydrogen-bond donors (Lipinski definition) is 2. The summed E-state index contributed by atoms with van der Waals surface area (Å²) >= 11 is 0. The average molecular weight is 209 g/mol. The van der Waals surface area contributed by atoms with Gasteiger partial charge < -0.3 is 15.5 Å². The molecule has 0 radical (unpaired) electrons. The Balaban J connectivity index is 2.81. The lowest BCUT2D eigenvalue weighted by molar-refractivity contribution is 0.415. The largest absolute Gasteiger partial charge is 0.497 e. The number of unbranched alkanes of at least 4 members (excludes halogenated alkanes) is 1. The second kappa shape index (κ2) is 5.46. The highest BCUT2D eigenvalue weighted by Gasteiger charge is 2.06. The maximum atomic E-state index is 5.90. The van der Waals surface area contributed by atoms with Gasteiger partial charge >= 0.3 is 0 Å². The standard InChI is InChI=1S/C11H19N3O/c1-3-4-7-14(13)11-8-9(15-2)5-6-10(11)12/h5-6,8H,3-4,7,12-13H2,1-2H3. The molecule has 4 heteroatoms. The summed E-state index contributed by atoms with van der Waals surface area (Å²) in [7, 11) is 1.63. The van der Waals surface area contributed by atoms with E-state index in [1.54, 1.807) is 18.2 Å². The van der Waals surface area contributed by atoms with Crippen molar-refractivity contribution in [1.29, 1.82) is 0 Å². The Morgan fingerprint density at radius 3 is 2.73 bits per heavy atom. The molecule has 0 amide bonds. The van der Waals surface area contributed by atoms with E-state index in [-0.39, 0.29) is 0 Å². The summed E-state index contributed by atoms with van der Waals surface area (Å²) in [6, 6.07) is 5.48. The predicted octanol–water partition coefficient (Wildman–Crippen LogP) is 1.76. The summed E-state index contributed by atoms with van der Waals surface area (Å²) in [5.41, 5.74) is 7.34. The molecule has 1 aromatic carbocycles. The van der Waals surface area contributed by atoms with Gasteiger partial charge in [-0.25, -0.2) is 5.84 Å². The van der Waals surface area contributed by atoms with Gasteiger partial charge in [0.05, 0.1) is 18.5 Å². The Morgan fingerprint density at radius 2 is 2.13 bits per heavy atom. The molecule has 0 saturated carbocycles. The highest BCUT2D eigenvalue weighted by atomic mass is 16.5. The van der Waals surface area contributed by atoms with Gasteiger partial charge in [0.25, 0.3) is 0 Å². The maximum absolute atomic E-state index is 5.90. The van der Waals surface area contributed by atoms with Crippen LogP contribution in [-0.4, -0.2) is 13.7 Å². The fourth-order valence-electron chi connectivity index (χ4n) is 1.35. The van der Waals surface area contributed by atoms with Crippen LogP contribution in [0.1, 0.15) is 19.8 Å². The third-order valence-electron chi connectivity index (χ3n) is 2.30. The number of nitrogen functional groups attached to an aromatic ring is 1. The molecule has 0 fully saturated rings. The minimum absolute atomic E-state index is 0.675. The lowest BCUT2D eigenvalue weighted by atomic mass is 10.2. The average Bonchev–Trinajstić information content (AvgIpc) is 2.26. The molecule has 0 heterocycles. The number of ether oxygens (including phenoxy) is 1. The molecule has 4 N–H and O–H groups in total. The lowest BCUT2D eigenvalue weighted by Gasteiger charge is -2.20. The molecule has 0 saturated heterocycles. The molecule has 0 bridgehead atoms. The Hall–Kier alpha value is -1.42. The van der Waals surface area contributed by atoms with Gasteiger partial charge in [0.15, 0.2) is 0 Å². The maximum Gasteiger partial charge on any atom is 0.121 e. The number of nitrogens with two attached hydrogens (primary N) is 2. The minimum atomic E-state index is 0.675. The van der Waals surface area contributed by atoms with Crippen LogP contribution in [0.4, 0.5) is 11.4 Å². The highest BCUT2D eigenvalue weighted by Crippen LogP contribution is 2.26. The summed E-state index contributed by atoms with van der Waals surface area (Å²) in [6.45, 7) is 2.93. The van der Waals surface area contributed by atoms with Gasteiger partial charge in [-0.1, -0.05) is 13.3 Å². The smallest absolute Gasteiger partial charge is 0.121 e. The zero-order valence-electron chi connectivity index (χ0n) is 9.36. The fourth-order valence-corrected chi connectivity index (χ4v) is 1.35. The molecular weight excluding hydrogens is 190 g/mol. The number of benzene rings is 1. The van der Waals surface area contributed by atoms with E-state index in [2.05, 4.69) is 6.92 Å². The number of hydrazine groups is 1. The molecule has 0 unspecified atom stereocenters. The number of rotatable bonds is 5. The van der Waals surface area contributed by atoms with Crippen LogP contribution in [0.2, 0.25) is 0 Å². The quantitative estimate of drug-likeness (QED) is 0.440. The van der Waals surface area contributed by atoms with E-state index >= 15 is 0 Å². The van der Waals surface area contributed by atoms with E-state index < -0.39 is 0 Å². The molecule has 0 aromatic heterocycles. The molecule has 4 nitrogen and oxygen atoms in total. The van der Waals surface area contributed by atoms with E-state index in [0.29, 0.717) is 5.69 Å². The Morgan fingerprint density at radius 1 is 1.40 bits per heavy atom. The first-order chi connectivity index (χ1) is 7.19. The summed E-state index contributed by atoms with van der Waals surface area (Å²) in [5.74, 6) is 6.67. The first-order valence-corrected chi connectivity index (χ1v) is 5.14. The van der Waals surface area contributed by atoms with Crippen molar-refractivity contribution in [3.63, 3.8) is 0 Å². The molecule has 0 aliphatic heterocycles. The molecule has 0 aliphatic carbocycles. The molecule has 84 valence electrons. The van der Waals surface area contributed by atoms with Crippen molar-refractivity contribution in [2.75, 3.05) is 24.4 Å². The number of nitrogens with zero attached hydrogens (tertiary/aromatic N) is 1. The summed E-state index contributed by atoms with van der Waals surface area (Å²) in [5, 5.41) is 1.67. The second-order valence-corrected chi connectivity index (χ2v) is 3.47. The minimum Gasteiger partial charge on any atom is -0.497 e. The van der Waals surface area contributed by atoms with Gasteiger partial charge in [-0.15, -0.1) is 0 Å². The van der Waals surface area contributed by atoms with Crippen LogP contribution in [0.5, 0.6) is 5.75 Å². The molecule has 0 atom stereocenters. The van der Waals surface area contributed by atoms with Crippen molar-refractivity contribution in [1.82, 2.24) is 0 Å². The van der Waals surface area contributed by atoms with Crippen LogP contribution in [-0.2, 0) is 0 Å². The van der Waals surface area contributed by atoms with E-state index in [4.69, 9.17) is 16.3 Å². The van der Waals surface area contributed by atoms with Crippen LogP contribution >= 0.6 is 0 Å². The van der Waals surface area contributed by atoms with Crippen molar-refractivity contribution in [2.24, 2.45) is 5.84 Å². The predicted molar refractivity (Wildman–Crippen MR) is 63.8 cm³/mol. The van der Waals surface area contributed by atoms with Gasteiger partial charge in [-0.05, 0) is 18.6 Å². The van der Waals surface area contributed by atoms with E-state index in [9.17, 15) is 0 Å². The van der Waals surface area contributed by atoms with Crippen molar-refractivity contribution in [3.8, 4) is 5.75 Å². The zero-order chi connectivity index (χ0) is 11.3. The van der Waals surface area contributed by atoms with Gasteiger partial charge in [-0.3, -0.25) is 0 Å². The third kappa shape index (κ3) is 3.02. The Labute approximate surface area is 90.8 Å². The summed E-state index contributed by atoms with van der Waals surface area (Å²) in [4.78, 5) is 0. The molecule has 15 heavy (non-hydrogen) atoms. The highest BCUT2D eigenvalue weighted by molar-refractivity contribution is 5.68. The first-order valence-electron chi connectivity index (χ1n) is 5.14. The fraction of sp³-hybridized carbons (Fsp3) is 0.455. The van der Waals surface area contributed by atoms with Gasteiger partial charge in [0, 0.05) is 12.6 Å². The molecule has 0 spiro atoms. The molecule has 1 aromatic rings. The third-order valence-corrected chi connectivity index (χ3v) is 2.30. The Kier molecular flexibility index (Phi) is 4.24. The SMILES string of the molecule is CCCCN(N)c1cc(OC)ccc1N. The number of methoxy groups -OCH3 is 1. The van der Waals surface area contributed by atoms with E-state index in [0.717, 1.165) is 30.8 Å². The van der Waals surface area contributed by atoms with Crippen LogP contribution in [0.25, 0.3) is 0 Å². The second-order valence-electron chi connectivity index (χ2n) is 3.47. The van der Waals surface area contributed by atoms with Crippen LogP contribution in [0, 0.1) is 0 Å². The van der Waals surface area contributed by atoms with Crippen molar-refractivity contribution >= 4 is 11.4 Å². The molecule has 0 aliphatic rings. The first kappa shape index (κ1) is 11.7. The monoisotopic (exact) mass is 209 g/mol. The van der Waals surface area contributed by atoms with Gasteiger partial charge in [0.1, 0.15) is 5.75 Å². The van der Waals surface area contributed by atoms with Crippen molar-refractivity contribution < 1.29 is 4.74 Å². The van der Waals surface area contributed by atoms with Crippen LogP contribution < -0.4 is 21.3 Å². The number of anilines is 2.